The van der Waals surface area contributed by atoms with Gasteiger partial charge in [0.1, 0.15) is 6.54 Å². The fourth-order valence-electron chi connectivity index (χ4n) is 1.34. The number of aromatic nitrogens is 1. The van der Waals surface area contributed by atoms with Crippen molar-refractivity contribution in [2.75, 3.05) is 0 Å². The third kappa shape index (κ3) is 4.89. The van der Waals surface area contributed by atoms with Gasteiger partial charge in [0.05, 0.1) is 0 Å². The molecule has 1 aromatic rings. The van der Waals surface area contributed by atoms with Crippen molar-refractivity contribution < 1.29 is 17.0 Å². The van der Waals surface area contributed by atoms with Crippen LogP contribution in [0, 0.1) is 6.92 Å². The number of rotatable bonds is 4. The molecule has 0 amide bonds. The van der Waals surface area contributed by atoms with E-state index in [0.29, 0.717) is 0 Å². The van der Waals surface area contributed by atoms with E-state index in [0.717, 1.165) is 6.54 Å². The minimum atomic E-state index is 0. The molecule has 2 heteroatoms. The Hall–Kier alpha value is -0.560. The smallest absolute Gasteiger partial charge is 0.171 e. The second-order valence-electron chi connectivity index (χ2n) is 3.33. The highest BCUT2D eigenvalue weighted by Crippen LogP contribution is 1.94. The number of aryl methyl sites for hydroxylation is 2. The van der Waals surface area contributed by atoms with Gasteiger partial charge < -0.3 is 12.4 Å². The summed E-state index contributed by atoms with van der Waals surface area (Å²) in [6.45, 7) is 5.53. The molecule has 0 aromatic carbocycles. The van der Waals surface area contributed by atoms with Crippen molar-refractivity contribution in [1.82, 2.24) is 0 Å². The zero-order valence-electron chi connectivity index (χ0n) is 8.46. The quantitative estimate of drug-likeness (QED) is 0.454. The molecule has 0 unspecified atom stereocenters. The van der Waals surface area contributed by atoms with Gasteiger partial charge in [0, 0.05) is 18.1 Å². The summed E-state index contributed by atoms with van der Waals surface area (Å²) in [6.07, 6.45) is 8.27. The Kier molecular flexibility index (Phi) is 6.61. The summed E-state index contributed by atoms with van der Waals surface area (Å²) in [5.74, 6) is 0. The molecule has 0 saturated carbocycles. The standard InChI is InChI=1S/C11H18N.ClH/c1-3-4-5-8-12-9-6-7-11(2)10-12;/h6-7,9-10H,3-5,8H2,1-2H3;1H/q+1;/p-1. The molecule has 0 spiro atoms. The normalized spacial score (nSPS) is 9.38. The van der Waals surface area contributed by atoms with Gasteiger partial charge in [0.15, 0.2) is 12.4 Å². The SMILES string of the molecule is CCCCC[n+]1cccc(C)c1.[Cl-]. The first kappa shape index (κ1) is 12.4. The van der Waals surface area contributed by atoms with Crippen molar-refractivity contribution in [3.63, 3.8) is 0 Å². The van der Waals surface area contributed by atoms with E-state index >= 15 is 0 Å². The third-order valence-electron chi connectivity index (χ3n) is 2.03. The van der Waals surface area contributed by atoms with Crippen molar-refractivity contribution >= 4 is 0 Å². The molecular formula is C11H18ClN. The van der Waals surface area contributed by atoms with Crippen molar-refractivity contribution in [1.29, 1.82) is 0 Å². The van der Waals surface area contributed by atoms with Gasteiger partial charge in [-0.3, -0.25) is 0 Å². The molecule has 1 rings (SSSR count). The van der Waals surface area contributed by atoms with Crippen LogP contribution < -0.4 is 17.0 Å². The monoisotopic (exact) mass is 199 g/mol. The van der Waals surface area contributed by atoms with Crippen LogP contribution in [-0.2, 0) is 6.54 Å². The predicted molar refractivity (Wildman–Crippen MR) is 50.9 cm³/mol. The van der Waals surface area contributed by atoms with E-state index in [4.69, 9.17) is 0 Å². The molecule has 1 nitrogen and oxygen atoms in total. The van der Waals surface area contributed by atoms with Gasteiger partial charge in [0.25, 0.3) is 0 Å². The average Bonchev–Trinajstić information content (AvgIpc) is 2.05. The molecule has 13 heavy (non-hydrogen) atoms. The maximum absolute atomic E-state index is 2.27. The van der Waals surface area contributed by atoms with Crippen LogP contribution in [-0.4, -0.2) is 0 Å². The maximum atomic E-state index is 2.27. The van der Waals surface area contributed by atoms with Crippen molar-refractivity contribution in [2.24, 2.45) is 0 Å². The van der Waals surface area contributed by atoms with Gasteiger partial charge in [-0.2, -0.15) is 0 Å². The number of nitrogens with zero attached hydrogens (tertiary/aromatic N) is 1. The molecule has 0 bridgehead atoms. The zero-order chi connectivity index (χ0) is 8.81. The summed E-state index contributed by atoms with van der Waals surface area (Å²) in [5.41, 5.74) is 1.34. The molecule has 0 N–H and O–H groups in total. The van der Waals surface area contributed by atoms with Crippen molar-refractivity contribution in [2.45, 2.75) is 39.7 Å². The lowest BCUT2D eigenvalue weighted by Crippen LogP contribution is -3.00. The van der Waals surface area contributed by atoms with Gasteiger partial charge in [-0.1, -0.05) is 13.3 Å². The van der Waals surface area contributed by atoms with Crippen LogP contribution in [0.2, 0.25) is 0 Å². The first-order valence-corrected chi connectivity index (χ1v) is 4.78. The van der Waals surface area contributed by atoms with E-state index in [1.807, 2.05) is 0 Å². The number of hydrogen-bond acceptors (Lipinski definition) is 0. The molecule has 0 radical (unpaired) electrons. The summed E-state index contributed by atoms with van der Waals surface area (Å²) in [5, 5.41) is 0. The lowest BCUT2D eigenvalue weighted by molar-refractivity contribution is -0.697. The van der Waals surface area contributed by atoms with Crippen LogP contribution in [0.4, 0.5) is 0 Å². The molecule has 1 aromatic heterocycles. The number of pyridine rings is 1. The van der Waals surface area contributed by atoms with Gasteiger partial charge in [-0.25, -0.2) is 4.57 Å². The topological polar surface area (TPSA) is 3.88 Å². The summed E-state index contributed by atoms with van der Waals surface area (Å²) in [4.78, 5) is 0. The molecule has 74 valence electrons. The molecule has 0 fully saturated rings. The summed E-state index contributed by atoms with van der Waals surface area (Å²) in [7, 11) is 0. The molecule has 0 aliphatic rings. The average molecular weight is 200 g/mol. The first-order chi connectivity index (χ1) is 5.83. The van der Waals surface area contributed by atoms with Gasteiger partial charge in [0.2, 0.25) is 0 Å². The highest BCUT2D eigenvalue weighted by atomic mass is 35.5. The molecule has 1 heterocycles. The van der Waals surface area contributed by atoms with E-state index in [9.17, 15) is 0 Å². The van der Waals surface area contributed by atoms with Gasteiger partial charge in [-0.05, 0) is 19.4 Å². The van der Waals surface area contributed by atoms with Crippen LogP contribution in [0.1, 0.15) is 31.7 Å². The highest BCUT2D eigenvalue weighted by molar-refractivity contribution is 5.01. The Morgan fingerprint density at radius 3 is 2.69 bits per heavy atom. The van der Waals surface area contributed by atoms with Crippen molar-refractivity contribution in [3.8, 4) is 0 Å². The fraction of sp³-hybridized carbons (Fsp3) is 0.545. The molecule has 0 aliphatic carbocycles. The Bertz CT molecular complexity index is 235. The van der Waals surface area contributed by atoms with E-state index in [1.165, 1.54) is 24.8 Å². The summed E-state index contributed by atoms with van der Waals surface area (Å²) < 4.78 is 2.27. The molecule has 0 aliphatic heterocycles. The van der Waals surface area contributed by atoms with E-state index < -0.39 is 0 Å². The van der Waals surface area contributed by atoms with Gasteiger partial charge in [-0.15, -0.1) is 0 Å². The third-order valence-corrected chi connectivity index (χ3v) is 2.03. The Balaban J connectivity index is 0.00000144. The number of unbranched alkanes of at least 4 members (excludes halogenated alkanes) is 2. The van der Waals surface area contributed by atoms with Crippen LogP contribution in [0.25, 0.3) is 0 Å². The number of halogens is 1. The fourth-order valence-corrected chi connectivity index (χ4v) is 1.34. The first-order valence-electron chi connectivity index (χ1n) is 4.78. The Morgan fingerprint density at radius 1 is 1.31 bits per heavy atom. The van der Waals surface area contributed by atoms with Crippen LogP contribution in [0.15, 0.2) is 24.5 Å². The predicted octanol–water partition coefficient (Wildman–Crippen LogP) is -0.523. The second-order valence-corrected chi connectivity index (χ2v) is 3.33. The van der Waals surface area contributed by atoms with Crippen LogP contribution in [0.3, 0.4) is 0 Å². The summed E-state index contributed by atoms with van der Waals surface area (Å²) in [6, 6.07) is 4.25. The largest absolute Gasteiger partial charge is 1.00 e. The lowest BCUT2D eigenvalue weighted by Gasteiger charge is -1.96. The lowest BCUT2D eigenvalue weighted by atomic mass is 10.2. The van der Waals surface area contributed by atoms with E-state index in [-0.39, 0.29) is 12.4 Å². The Labute approximate surface area is 87.2 Å². The molecule has 0 atom stereocenters. The highest BCUT2D eigenvalue weighted by Gasteiger charge is 1.98. The molecular weight excluding hydrogens is 182 g/mol. The van der Waals surface area contributed by atoms with Crippen molar-refractivity contribution in [3.05, 3.63) is 30.1 Å². The minimum absolute atomic E-state index is 0. The molecule has 0 saturated heterocycles. The maximum Gasteiger partial charge on any atom is 0.171 e. The number of hydrogen-bond donors (Lipinski definition) is 0. The van der Waals surface area contributed by atoms with Gasteiger partial charge >= 0.3 is 0 Å². The second kappa shape index (κ2) is 6.90. The van der Waals surface area contributed by atoms with E-state index in [2.05, 4.69) is 42.9 Å². The van der Waals surface area contributed by atoms with Crippen LogP contribution >= 0.6 is 0 Å². The minimum Gasteiger partial charge on any atom is -1.00 e. The van der Waals surface area contributed by atoms with Crippen LogP contribution in [0.5, 0.6) is 0 Å². The Morgan fingerprint density at radius 2 is 2.08 bits per heavy atom. The summed E-state index contributed by atoms with van der Waals surface area (Å²) >= 11 is 0. The zero-order valence-corrected chi connectivity index (χ0v) is 9.22. The van der Waals surface area contributed by atoms with E-state index in [1.54, 1.807) is 0 Å².